The van der Waals surface area contributed by atoms with Crippen LogP contribution in [0.4, 0.5) is 0 Å². The predicted octanol–water partition coefficient (Wildman–Crippen LogP) is 2.87. The molecule has 2 atom stereocenters. The first-order chi connectivity index (χ1) is 9.81. The molecule has 1 N–H and O–H groups in total. The number of rotatable bonds is 3. The van der Waals surface area contributed by atoms with Crippen molar-refractivity contribution in [2.24, 2.45) is 0 Å². The normalized spacial score (nSPS) is 20.9. The second-order valence-electron chi connectivity index (χ2n) is 4.87. The molecule has 20 heavy (non-hydrogen) atoms. The summed E-state index contributed by atoms with van der Waals surface area (Å²) in [6.45, 7) is 0. The molecular weight excluding hydrogens is 252 g/mol. The van der Waals surface area contributed by atoms with Gasteiger partial charge in [0.1, 0.15) is 17.6 Å². The lowest BCUT2D eigenvalue weighted by molar-refractivity contribution is 0.153. The lowest BCUT2D eigenvalue weighted by Gasteiger charge is -2.32. The fourth-order valence-electron chi connectivity index (χ4n) is 2.62. The maximum absolute atomic E-state index is 6.13. The molecule has 0 saturated heterocycles. The molecule has 1 aromatic carbocycles. The summed E-state index contributed by atoms with van der Waals surface area (Å²) in [7, 11) is 3.64. The van der Waals surface area contributed by atoms with Gasteiger partial charge in [-0.2, -0.15) is 0 Å². The number of methoxy groups -OCH3 is 1. The summed E-state index contributed by atoms with van der Waals surface area (Å²) in [6, 6.07) is 10.2. The van der Waals surface area contributed by atoms with E-state index in [0.717, 1.165) is 23.5 Å². The Hall–Kier alpha value is -2.07. The molecule has 1 aliphatic rings. The van der Waals surface area contributed by atoms with E-state index in [4.69, 9.17) is 9.47 Å². The van der Waals surface area contributed by atoms with Gasteiger partial charge in [-0.3, -0.25) is 4.98 Å². The molecule has 1 aliphatic heterocycles. The van der Waals surface area contributed by atoms with Crippen molar-refractivity contribution in [3.8, 4) is 11.5 Å². The number of fused-ring (bicyclic) bond motifs is 1. The second-order valence-corrected chi connectivity index (χ2v) is 4.87. The lowest BCUT2D eigenvalue weighted by Crippen LogP contribution is -2.26. The van der Waals surface area contributed by atoms with Crippen molar-refractivity contribution in [3.63, 3.8) is 0 Å². The van der Waals surface area contributed by atoms with Crippen LogP contribution in [-0.2, 0) is 0 Å². The van der Waals surface area contributed by atoms with Crippen molar-refractivity contribution in [3.05, 3.63) is 53.9 Å². The van der Waals surface area contributed by atoms with Gasteiger partial charge in [0.15, 0.2) is 0 Å². The van der Waals surface area contributed by atoms with Crippen LogP contribution in [0.15, 0.2) is 42.7 Å². The van der Waals surface area contributed by atoms with E-state index in [2.05, 4.69) is 22.4 Å². The Morgan fingerprint density at radius 3 is 2.95 bits per heavy atom. The number of ether oxygens (including phenoxy) is 2. The fourth-order valence-corrected chi connectivity index (χ4v) is 2.62. The summed E-state index contributed by atoms with van der Waals surface area (Å²) >= 11 is 0. The zero-order valence-corrected chi connectivity index (χ0v) is 11.7. The van der Waals surface area contributed by atoms with Gasteiger partial charge in [0, 0.05) is 42.0 Å². The lowest BCUT2D eigenvalue weighted by atomic mass is 9.93. The average molecular weight is 270 g/mol. The van der Waals surface area contributed by atoms with E-state index in [1.54, 1.807) is 13.3 Å². The first-order valence-corrected chi connectivity index (χ1v) is 6.73. The van der Waals surface area contributed by atoms with Gasteiger partial charge in [-0.1, -0.05) is 12.1 Å². The van der Waals surface area contributed by atoms with Gasteiger partial charge in [-0.15, -0.1) is 0 Å². The van der Waals surface area contributed by atoms with Gasteiger partial charge in [0.2, 0.25) is 0 Å². The average Bonchev–Trinajstić information content (AvgIpc) is 2.54. The summed E-state index contributed by atoms with van der Waals surface area (Å²) in [5.74, 6) is 1.69. The number of nitrogens with zero attached hydrogens (tertiary/aromatic N) is 1. The van der Waals surface area contributed by atoms with Crippen molar-refractivity contribution in [2.45, 2.75) is 18.6 Å². The standard InChI is InChI=1S/C16H18N2O2/c1-17-14-9-15(11-4-3-7-18-10-11)20-16-8-12(19-2)5-6-13(14)16/h3-8,10,14-15,17H,9H2,1-2H3. The first-order valence-electron chi connectivity index (χ1n) is 6.73. The third-order valence-corrected chi connectivity index (χ3v) is 3.72. The highest BCUT2D eigenvalue weighted by Crippen LogP contribution is 2.41. The summed E-state index contributed by atoms with van der Waals surface area (Å²) in [5.41, 5.74) is 2.27. The van der Waals surface area contributed by atoms with Crippen LogP contribution in [-0.4, -0.2) is 19.1 Å². The van der Waals surface area contributed by atoms with Gasteiger partial charge >= 0.3 is 0 Å². The van der Waals surface area contributed by atoms with E-state index in [-0.39, 0.29) is 12.1 Å². The van der Waals surface area contributed by atoms with Crippen LogP contribution in [0.2, 0.25) is 0 Å². The van der Waals surface area contributed by atoms with Gasteiger partial charge < -0.3 is 14.8 Å². The summed E-state index contributed by atoms with van der Waals surface area (Å²) in [6.07, 6.45) is 4.55. The minimum absolute atomic E-state index is 0.0146. The Morgan fingerprint density at radius 1 is 1.35 bits per heavy atom. The molecule has 0 radical (unpaired) electrons. The smallest absolute Gasteiger partial charge is 0.128 e. The Balaban J connectivity index is 1.96. The third-order valence-electron chi connectivity index (χ3n) is 3.72. The molecule has 2 heterocycles. The number of pyridine rings is 1. The van der Waals surface area contributed by atoms with Crippen LogP contribution in [0.1, 0.15) is 29.7 Å². The van der Waals surface area contributed by atoms with Crippen molar-refractivity contribution in [1.29, 1.82) is 0 Å². The highest BCUT2D eigenvalue weighted by Gasteiger charge is 2.28. The highest BCUT2D eigenvalue weighted by atomic mass is 16.5. The van der Waals surface area contributed by atoms with E-state index >= 15 is 0 Å². The number of hydrogen-bond donors (Lipinski definition) is 1. The topological polar surface area (TPSA) is 43.4 Å². The van der Waals surface area contributed by atoms with Crippen molar-refractivity contribution in [2.75, 3.05) is 14.2 Å². The minimum Gasteiger partial charge on any atom is -0.497 e. The van der Waals surface area contributed by atoms with Crippen LogP contribution in [0.3, 0.4) is 0 Å². The molecule has 0 bridgehead atoms. The number of benzene rings is 1. The maximum Gasteiger partial charge on any atom is 0.128 e. The minimum atomic E-state index is 0.0146. The SMILES string of the molecule is CNC1CC(c2cccnc2)Oc2cc(OC)ccc21. The predicted molar refractivity (Wildman–Crippen MR) is 77.0 cm³/mol. The van der Waals surface area contributed by atoms with Crippen molar-refractivity contribution in [1.82, 2.24) is 10.3 Å². The molecule has 0 spiro atoms. The largest absolute Gasteiger partial charge is 0.497 e. The molecule has 2 aromatic rings. The number of nitrogens with one attached hydrogen (secondary N) is 1. The van der Waals surface area contributed by atoms with Gasteiger partial charge in [0.25, 0.3) is 0 Å². The Labute approximate surface area is 118 Å². The second kappa shape index (κ2) is 5.51. The maximum atomic E-state index is 6.13. The van der Waals surface area contributed by atoms with Gasteiger partial charge in [-0.25, -0.2) is 0 Å². The number of aromatic nitrogens is 1. The first kappa shape index (κ1) is 12.9. The quantitative estimate of drug-likeness (QED) is 0.931. The summed E-state index contributed by atoms with van der Waals surface area (Å²) in [4.78, 5) is 4.18. The molecular formula is C16H18N2O2. The van der Waals surface area contributed by atoms with Crippen LogP contribution in [0.5, 0.6) is 11.5 Å². The Morgan fingerprint density at radius 2 is 2.25 bits per heavy atom. The number of hydrogen-bond acceptors (Lipinski definition) is 4. The monoisotopic (exact) mass is 270 g/mol. The van der Waals surface area contributed by atoms with E-state index in [9.17, 15) is 0 Å². The molecule has 3 rings (SSSR count). The van der Waals surface area contributed by atoms with Gasteiger partial charge in [0.05, 0.1) is 7.11 Å². The zero-order valence-electron chi connectivity index (χ0n) is 11.7. The molecule has 2 unspecified atom stereocenters. The van der Waals surface area contributed by atoms with Crippen molar-refractivity contribution >= 4 is 0 Å². The van der Waals surface area contributed by atoms with Crippen LogP contribution in [0, 0.1) is 0 Å². The van der Waals surface area contributed by atoms with E-state index < -0.39 is 0 Å². The summed E-state index contributed by atoms with van der Waals surface area (Å²) in [5, 5.41) is 3.36. The van der Waals surface area contributed by atoms with Crippen LogP contribution < -0.4 is 14.8 Å². The molecule has 4 nitrogen and oxygen atoms in total. The Kier molecular flexibility index (Phi) is 3.56. The fraction of sp³-hybridized carbons (Fsp3) is 0.312. The van der Waals surface area contributed by atoms with Crippen LogP contribution >= 0.6 is 0 Å². The van der Waals surface area contributed by atoms with E-state index in [1.165, 1.54) is 5.56 Å². The van der Waals surface area contributed by atoms with Crippen LogP contribution in [0.25, 0.3) is 0 Å². The van der Waals surface area contributed by atoms with E-state index in [1.807, 2.05) is 31.4 Å². The molecule has 1 aromatic heterocycles. The summed E-state index contributed by atoms with van der Waals surface area (Å²) < 4.78 is 11.4. The molecule has 0 fully saturated rings. The third kappa shape index (κ3) is 2.34. The molecule has 104 valence electrons. The Bertz CT molecular complexity index is 586. The molecule has 0 amide bonds. The molecule has 0 aliphatic carbocycles. The van der Waals surface area contributed by atoms with E-state index in [0.29, 0.717) is 0 Å². The molecule has 4 heteroatoms. The van der Waals surface area contributed by atoms with Gasteiger partial charge in [-0.05, 0) is 19.2 Å². The zero-order chi connectivity index (χ0) is 13.9. The van der Waals surface area contributed by atoms with Crippen molar-refractivity contribution < 1.29 is 9.47 Å². The highest BCUT2D eigenvalue weighted by molar-refractivity contribution is 5.44. The molecule has 0 saturated carbocycles.